The summed E-state index contributed by atoms with van der Waals surface area (Å²) in [5.41, 5.74) is 1.92. The van der Waals surface area contributed by atoms with E-state index in [-0.39, 0.29) is 11.7 Å². The van der Waals surface area contributed by atoms with Gasteiger partial charge in [-0.25, -0.2) is 4.39 Å². The molecule has 0 saturated heterocycles. The molecule has 0 fully saturated rings. The van der Waals surface area contributed by atoms with Crippen LogP contribution in [0.1, 0.15) is 17.5 Å². The molecule has 1 aromatic heterocycles. The zero-order valence-electron chi connectivity index (χ0n) is 14.1. The third-order valence-electron chi connectivity index (χ3n) is 4.06. The van der Waals surface area contributed by atoms with E-state index in [1.54, 1.807) is 30.3 Å². The summed E-state index contributed by atoms with van der Waals surface area (Å²) in [5, 5.41) is 12.1. The van der Waals surface area contributed by atoms with E-state index in [4.69, 9.17) is 16.0 Å². The lowest BCUT2D eigenvalue weighted by Crippen LogP contribution is -2.14. The average molecular weight is 380 g/mol. The monoisotopic (exact) mass is 379 g/mol. The summed E-state index contributed by atoms with van der Waals surface area (Å²) in [7, 11) is 0. The van der Waals surface area contributed by atoms with Crippen molar-refractivity contribution in [2.24, 2.45) is 0 Å². The number of anilines is 1. The Balaban J connectivity index is 1.74. The molecule has 0 spiro atoms. The number of hydrogen-bond donors (Lipinski definition) is 1. The topological polar surface area (TPSA) is 51.0 Å². The Hall–Kier alpha value is -3.18. The zero-order valence-corrected chi connectivity index (χ0v) is 14.9. The molecular weight excluding hydrogens is 365 g/mol. The van der Waals surface area contributed by atoms with Crippen LogP contribution in [-0.4, -0.2) is 10.2 Å². The van der Waals surface area contributed by atoms with Gasteiger partial charge in [0.2, 0.25) is 11.8 Å². The summed E-state index contributed by atoms with van der Waals surface area (Å²) in [6.45, 7) is 0. The number of hydrogen-bond acceptors (Lipinski definition) is 4. The first-order valence-corrected chi connectivity index (χ1v) is 8.74. The molecule has 134 valence electrons. The van der Waals surface area contributed by atoms with Crippen molar-refractivity contribution in [3.05, 3.63) is 101 Å². The SMILES string of the molecule is Fc1ccccc1[C@H](Nc1cccc(Cl)c1)c1nnc(-c2ccccc2)o1. The summed E-state index contributed by atoms with van der Waals surface area (Å²) in [6.07, 6.45) is 0. The maximum absolute atomic E-state index is 14.5. The summed E-state index contributed by atoms with van der Waals surface area (Å²) < 4.78 is 20.3. The lowest BCUT2D eigenvalue weighted by molar-refractivity contribution is 0.485. The largest absolute Gasteiger partial charge is 0.418 e. The highest BCUT2D eigenvalue weighted by molar-refractivity contribution is 6.30. The van der Waals surface area contributed by atoms with E-state index in [2.05, 4.69) is 15.5 Å². The first kappa shape index (κ1) is 17.2. The average Bonchev–Trinajstić information content (AvgIpc) is 3.18. The maximum Gasteiger partial charge on any atom is 0.247 e. The molecule has 0 aliphatic heterocycles. The van der Waals surface area contributed by atoms with Crippen LogP contribution < -0.4 is 5.32 Å². The van der Waals surface area contributed by atoms with E-state index < -0.39 is 6.04 Å². The molecule has 1 heterocycles. The molecule has 0 saturated carbocycles. The normalized spacial score (nSPS) is 11.9. The third-order valence-corrected chi connectivity index (χ3v) is 4.30. The van der Waals surface area contributed by atoms with E-state index in [0.29, 0.717) is 16.5 Å². The van der Waals surface area contributed by atoms with Gasteiger partial charge in [-0.15, -0.1) is 10.2 Å². The molecule has 0 aliphatic rings. The molecule has 1 N–H and O–H groups in total. The van der Waals surface area contributed by atoms with Crippen molar-refractivity contribution in [3.63, 3.8) is 0 Å². The van der Waals surface area contributed by atoms with Gasteiger partial charge >= 0.3 is 0 Å². The molecule has 0 aliphatic carbocycles. The van der Waals surface area contributed by atoms with Gasteiger partial charge in [0.25, 0.3) is 0 Å². The van der Waals surface area contributed by atoms with Crippen molar-refractivity contribution in [3.8, 4) is 11.5 Å². The minimum atomic E-state index is -0.658. The smallest absolute Gasteiger partial charge is 0.247 e. The van der Waals surface area contributed by atoms with Gasteiger partial charge in [-0.3, -0.25) is 0 Å². The highest BCUT2D eigenvalue weighted by Crippen LogP contribution is 2.30. The second-order valence-electron chi connectivity index (χ2n) is 5.92. The molecule has 6 heteroatoms. The Morgan fingerprint density at radius 2 is 1.67 bits per heavy atom. The molecule has 4 nitrogen and oxygen atoms in total. The Morgan fingerprint density at radius 1 is 0.889 bits per heavy atom. The second-order valence-corrected chi connectivity index (χ2v) is 6.36. The first-order chi connectivity index (χ1) is 13.2. The Bertz CT molecular complexity index is 1050. The van der Waals surface area contributed by atoms with Crippen LogP contribution in [0.5, 0.6) is 0 Å². The standard InChI is InChI=1S/C21H15ClFN3O/c22-15-9-6-10-16(13-15)24-19(17-11-4-5-12-18(17)23)21-26-25-20(27-21)14-7-2-1-3-8-14/h1-13,19,24H/t19-/m0/s1. The minimum absolute atomic E-state index is 0.263. The zero-order chi connectivity index (χ0) is 18.6. The quantitative estimate of drug-likeness (QED) is 0.481. The van der Waals surface area contributed by atoms with Crippen molar-refractivity contribution < 1.29 is 8.81 Å². The fraction of sp³-hybridized carbons (Fsp3) is 0.0476. The van der Waals surface area contributed by atoms with E-state index in [1.165, 1.54) is 6.07 Å². The van der Waals surface area contributed by atoms with Crippen molar-refractivity contribution in [1.82, 2.24) is 10.2 Å². The first-order valence-electron chi connectivity index (χ1n) is 8.36. The van der Waals surface area contributed by atoms with Crippen LogP contribution in [0.2, 0.25) is 5.02 Å². The highest BCUT2D eigenvalue weighted by atomic mass is 35.5. The van der Waals surface area contributed by atoms with Gasteiger partial charge in [-0.2, -0.15) is 0 Å². The van der Waals surface area contributed by atoms with Crippen LogP contribution in [0, 0.1) is 5.82 Å². The van der Waals surface area contributed by atoms with E-state index in [0.717, 1.165) is 11.3 Å². The number of nitrogens with one attached hydrogen (secondary N) is 1. The number of aromatic nitrogens is 2. The number of nitrogens with zero attached hydrogens (tertiary/aromatic N) is 2. The van der Waals surface area contributed by atoms with Crippen molar-refractivity contribution in [2.75, 3.05) is 5.32 Å². The number of rotatable bonds is 5. The molecule has 27 heavy (non-hydrogen) atoms. The lowest BCUT2D eigenvalue weighted by Gasteiger charge is -2.17. The molecule has 0 amide bonds. The molecule has 1 atom stereocenters. The molecule has 4 rings (SSSR count). The van der Waals surface area contributed by atoms with Crippen LogP contribution in [0.3, 0.4) is 0 Å². The Morgan fingerprint density at radius 3 is 2.44 bits per heavy atom. The van der Waals surface area contributed by atoms with Crippen molar-refractivity contribution in [1.29, 1.82) is 0 Å². The molecular formula is C21H15ClFN3O. The molecule has 0 unspecified atom stereocenters. The Kier molecular flexibility index (Phi) is 4.85. The number of benzene rings is 3. The summed E-state index contributed by atoms with van der Waals surface area (Å²) >= 11 is 6.07. The fourth-order valence-corrected chi connectivity index (χ4v) is 2.97. The van der Waals surface area contributed by atoms with Gasteiger partial charge in [-0.05, 0) is 36.4 Å². The lowest BCUT2D eigenvalue weighted by atomic mass is 10.1. The fourth-order valence-electron chi connectivity index (χ4n) is 2.78. The van der Waals surface area contributed by atoms with E-state index >= 15 is 0 Å². The molecule has 4 aromatic rings. The summed E-state index contributed by atoms with van der Waals surface area (Å²) in [5.74, 6) is 0.273. The van der Waals surface area contributed by atoms with Crippen molar-refractivity contribution in [2.45, 2.75) is 6.04 Å². The van der Waals surface area contributed by atoms with Gasteiger partial charge in [0.1, 0.15) is 11.9 Å². The van der Waals surface area contributed by atoms with Crippen LogP contribution in [0.25, 0.3) is 11.5 Å². The minimum Gasteiger partial charge on any atom is -0.418 e. The van der Waals surface area contributed by atoms with Crippen LogP contribution in [-0.2, 0) is 0 Å². The van der Waals surface area contributed by atoms with Crippen molar-refractivity contribution >= 4 is 17.3 Å². The van der Waals surface area contributed by atoms with Crippen LogP contribution in [0.4, 0.5) is 10.1 Å². The van der Waals surface area contributed by atoms with Gasteiger partial charge in [0.15, 0.2) is 0 Å². The van der Waals surface area contributed by atoms with Gasteiger partial charge in [0.05, 0.1) is 0 Å². The van der Waals surface area contributed by atoms with Crippen LogP contribution >= 0.6 is 11.6 Å². The third kappa shape index (κ3) is 3.83. The number of halogens is 2. The highest BCUT2D eigenvalue weighted by Gasteiger charge is 2.24. The molecule has 0 radical (unpaired) electrons. The van der Waals surface area contributed by atoms with Gasteiger partial charge < -0.3 is 9.73 Å². The van der Waals surface area contributed by atoms with Crippen LogP contribution in [0.15, 0.2) is 83.3 Å². The summed E-state index contributed by atoms with van der Waals surface area (Å²) in [4.78, 5) is 0. The van der Waals surface area contributed by atoms with E-state index in [9.17, 15) is 4.39 Å². The second kappa shape index (κ2) is 7.60. The maximum atomic E-state index is 14.5. The predicted octanol–water partition coefficient (Wildman–Crippen LogP) is 5.73. The van der Waals surface area contributed by atoms with Gasteiger partial charge in [-0.1, -0.05) is 54.1 Å². The van der Waals surface area contributed by atoms with Gasteiger partial charge in [0, 0.05) is 21.8 Å². The summed E-state index contributed by atoms with van der Waals surface area (Å²) in [6, 6.07) is 22.4. The predicted molar refractivity (Wildman–Crippen MR) is 103 cm³/mol. The van der Waals surface area contributed by atoms with E-state index in [1.807, 2.05) is 42.5 Å². The molecule has 0 bridgehead atoms. The molecule has 3 aromatic carbocycles. The Labute approximate surface area is 160 Å².